The summed E-state index contributed by atoms with van der Waals surface area (Å²) in [6.07, 6.45) is -8.24. The third kappa shape index (κ3) is 3.62. The fourth-order valence-corrected chi connectivity index (χ4v) is 1.32. The number of hydrogen-bond donors (Lipinski definition) is 1. The molecule has 96 valence electrons. The monoisotopic (exact) mass is 257 g/mol. The average Bonchev–Trinajstić information content (AvgIpc) is 2.14. The highest BCUT2D eigenvalue weighted by molar-refractivity contribution is 5.28. The number of rotatable bonds is 3. The second kappa shape index (κ2) is 4.95. The molecular formula is C10H9F6N. The Labute approximate surface area is 93.2 Å². The standard InChI is InChI=1S/C10H9F6N/c11-7-3-5(8(17)4-9(12)13)1-2-6(7)10(14,15)16/h1-3,8-9H,4,17H2/t8-/m1/s1. The molecule has 0 saturated heterocycles. The summed E-state index contributed by atoms with van der Waals surface area (Å²) in [5, 5.41) is 0. The molecule has 1 aromatic carbocycles. The van der Waals surface area contributed by atoms with Crippen LogP contribution in [-0.4, -0.2) is 6.43 Å². The van der Waals surface area contributed by atoms with Gasteiger partial charge in [0.25, 0.3) is 0 Å². The first-order chi connectivity index (χ1) is 7.71. The van der Waals surface area contributed by atoms with E-state index in [1.165, 1.54) is 0 Å². The van der Waals surface area contributed by atoms with Gasteiger partial charge in [-0.1, -0.05) is 6.07 Å². The van der Waals surface area contributed by atoms with E-state index in [2.05, 4.69) is 0 Å². The molecule has 2 N–H and O–H groups in total. The fourth-order valence-electron chi connectivity index (χ4n) is 1.32. The summed E-state index contributed by atoms with van der Waals surface area (Å²) in [4.78, 5) is 0. The Morgan fingerprint density at radius 3 is 2.18 bits per heavy atom. The Bertz CT molecular complexity index is 387. The summed E-state index contributed by atoms with van der Waals surface area (Å²) in [6, 6.07) is 0.747. The van der Waals surface area contributed by atoms with Crippen LogP contribution >= 0.6 is 0 Å². The largest absolute Gasteiger partial charge is 0.419 e. The number of halogens is 6. The zero-order valence-electron chi connectivity index (χ0n) is 8.44. The summed E-state index contributed by atoms with van der Waals surface area (Å²) >= 11 is 0. The molecule has 7 heteroatoms. The molecular weight excluding hydrogens is 248 g/mol. The predicted octanol–water partition coefficient (Wildman–Crippen LogP) is 3.50. The van der Waals surface area contributed by atoms with Crippen molar-refractivity contribution >= 4 is 0 Å². The number of benzene rings is 1. The fraction of sp³-hybridized carbons (Fsp3) is 0.400. The lowest BCUT2D eigenvalue weighted by Crippen LogP contribution is -2.15. The molecule has 0 fully saturated rings. The smallest absolute Gasteiger partial charge is 0.324 e. The van der Waals surface area contributed by atoms with Crippen molar-refractivity contribution in [1.82, 2.24) is 0 Å². The van der Waals surface area contributed by atoms with Crippen molar-refractivity contribution in [2.45, 2.75) is 25.1 Å². The van der Waals surface area contributed by atoms with E-state index in [0.29, 0.717) is 12.1 Å². The van der Waals surface area contributed by atoms with Gasteiger partial charge >= 0.3 is 6.18 Å². The van der Waals surface area contributed by atoms with E-state index in [4.69, 9.17) is 5.73 Å². The number of alkyl halides is 5. The van der Waals surface area contributed by atoms with Crippen LogP contribution in [0.1, 0.15) is 23.6 Å². The lowest BCUT2D eigenvalue weighted by molar-refractivity contribution is -0.140. The maximum Gasteiger partial charge on any atom is 0.419 e. The molecule has 1 rings (SSSR count). The maximum absolute atomic E-state index is 13.1. The molecule has 1 aromatic rings. The van der Waals surface area contributed by atoms with Crippen LogP contribution < -0.4 is 5.73 Å². The van der Waals surface area contributed by atoms with Crippen molar-refractivity contribution in [1.29, 1.82) is 0 Å². The van der Waals surface area contributed by atoms with Gasteiger partial charge in [0, 0.05) is 12.5 Å². The molecule has 0 unspecified atom stereocenters. The highest BCUT2D eigenvalue weighted by atomic mass is 19.4. The van der Waals surface area contributed by atoms with E-state index >= 15 is 0 Å². The van der Waals surface area contributed by atoms with Crippen LogP contribution in [0.25, 0.3) is 0 Å². The van der Waals surface area contributed by atoms with Crippen LogP contribution in [0.15, 0.2) is 18.2 Å². The summed E-state index contributed by atoms with van der Waals surface area (Å²) in [7, 11) is 0. The third-order valence-electron chi connectivity index (χ3n) is 2.16. The summed E-state index contributed by atoms with van der Waals surface area (Å²) in [5.74, 6) is -1.51. The molecule has 0 aliphatic carbocycles. The molecule has 0 aliphatic heterocycles. The first-order valence-electron chi connectivity index (χ1n) is 4.62. The topological polar surface area (TPSA) is 26.0 Å². The van der Waals surface area contributed by atoms with Gasteiger partial charge < -0.3 is 5.73 Å². The van der Waals surface area contributed by atoms with E-state index in [9.17, 15) is 26.3 Å². The van der Waals surface area contributed by atoms with Crippen molar-refractivity contribution in [3.05, 3.63) is 35.1 Å². The van der Waals surface area contributed by atoms with Crippen molar-refractivity contribution in [3.8, 4) is 0 Å². The van der Waals surface area contributed by atoms with Crippen LogP contribution in [0.4, 0.5) is 26.3 Å². The first kappa shape index (κ1) is 13.8. The minimum atomic E-state index is -4.81. The highest BCUT2D eigenvalue weighted by Gasteiger charge is 2.34. The zero-order chi connectivity index (χ0) is 13.2. The number of hydrogen-bond acceptors (Lipinski definition) is 1. The van der Waals surface area contributed by atoms with E-state index in [1.54, 1.807) is 0 Å². The molecule has 1 nitrogen and oxygen atoms in total. The van der Waals surface area contributed by atoms with Gasteiger partial charge in [0.05, 0.1) is 5.56 Å². The van der Waals surface area contributed by atoms with Gasteiger partial charge in [0.15, 0.2) is 0 Å². The second-order valence-corrected chi connectivity index (χ2v) is 3.47. The van der Waals surface area contributed by atoms with Gasteiger partial charge in [0.2, 0.25) is 6.43 Å². The van der Waals surface area contributed by atoms with Gasteiger partial charge in [0.1, 0.15) is 5.82 Å². The Balaban J connectivity index is 2.97. The van der Waals surface area contributed by atoms with Crippen LogP contribution in [-0.2, 0) is 6.18 Å². The molecule has 0 aliphatic rings. The van der Waals surface area contributed by atoms with Gasteiger partial charge in [-0.15, -0.1) is 0 Å². The van der Waals surface area contributed by atoms with Crippen LogP contribution in [0.2, 0.25) is 0 Å². The lowest BCUT2D eigenvalue weighted by atomic mass is 10.0. The van der Waals surface area contributed by atoms with Crippen LogP contribution in [0, 0.1) is 5.82 Å². The van der Waals surface area contributed by atoms with Gasteiger partial charge in [-0.2, -0.15) is 13.2 Å². The lowest BCUT2D eigenvalue weighted by Gasteiger charge is -2.14. The second-order valence-electron chi connectivity index (χ2n) is 3.47. The first-order valence-corrected chi connectivity index (χ1v) is 4.62. The van der Waals surface area contributed by atoms with Crippen molar-refractivity contribution < 1.29 is 26.3 Å². The summed E-state index contributed by atoms with van der Waals surface area (Å²) < 4.78 is 73.7. The molecule has 1 atom stereocenters. The predicted molar refractivity (Wildman–Crippen MR) is 49.0 cm³/mol. The quantitative estimate of drug-likeness (QED) is 0.824. The Morgan fingerprint density at radius 2 is 1.76 bits per heavy atom. The Kier molecular flexibility index (Phi) is 4.03. The van der Waals surface area contributed by atoms with E-state index in [0.717, 1.165) is 6.07 Å². The molecule has 0 saturated carbocycles. The molecule has 0 amide bonds. The SMILES string of the molecule is N[C@H](CC(F)F)c1ccc(C(F)(F)F)c(F)c1. The van der Waals surface area contributed by atoms with Gasteiger partial charge in [-0.3, -0.25) is 0 Å². The maximum atomic E-state index is 13.1. The highest BCUT2D eigenvalue weighted by Crippen LogP contribution is 2.32. The third-order valence-corrected chi connectivity index (χ3v) is 2.16. The van der Waals surface area contributed by atoms with Crippen molar-refractivity contribution in [2.24, 2.45) is 5.73 Å². The summed E-state index contributed by atoms with van der Waals surface area (Å²) in [6.45, 7) is 0. The molecule has 0 aromatic heterocycles. The number of nitrogens with two attached hydrogens (primary N) is 1. The zero-order valence-corrected chi connectivity index (χ0v) is 8.44. The minimum absolute atomic E-state index is 0.0872. The molecule has 17 heavy (non-hydrogen) atoms. The van der Waals surface area contributed by atoms with E-state index in [1.807, 2.05) is 0 Å². The van der Waals surface area contributed by atoms with Gasteiger partial charge in [-0.05, 0) is 17.7 Å². The van der Waals surface area contributed by atoms with E-state index in [-0.39, 0.29) is 5.56 Å². The van der Waals surface area contributed by atoms with Crippen LogP contribution in [0.5, 0.6) is 0 Å². The minimum Gasteiger partial charge on any atom is -0.324 e. The summed E-state index contributed by atoms with van der Waals surface area (Å²) in [5.41, 5.74) is 3.77. The van der Waals surface area contributed by atoms with Crippen LogP contribution in [0.3, 0.4) is 0 Å². The molecule has 0 heterocycles. The average molecular weight is 257 g/mol. The Hall–Kier alpha value is -1.24. The molecule has 0 spiro atoms. The van der Waals surface area contributed by atoms with Gasteiger partial charge in [-0.25, -0.2) is 13.2 Å². The Morgan fingerprint density at radius 1 is 1.18 bits per heavy atom. The molecule has 0 radical (unpaired) electrons. The van der Waals surface area contributed by atoms with Crippen molar-refractivity contribution in [3.63, 3.8) is 0 Å². The normalized spacial score (nSPS) is 14.1. The molecule has 0 bridgehead atoms. The van der Waals surface area contributed by atoms with E-state index < -0.39 is 36.4 Å². The van der Waals surface area contributed by atoms with Crippen molar-refractivity contribution in [2.75, 3.05) is 0 Å².